The van der Waals surface area contributed by atoms with E-state index < -0.39 is 0 Å². The van der Waals surface area contributed by atoms with Crippen LogP contribution < -0.4 is 5.32 Å². The highest BCUT2D eigenvalue weighted by atomic mass is 16.1. The summed E-state index contributed by atoms with van der Waals surface area (Å²) in [6.07, 6.45) is 8.92. The zero-order chi connectivity index (χ0) is 16.1. The Labute approximate surface area is 138 Å². The molecule has 1 N–H and O–H groups in total. The van der Waals surface area contributed by atoms with Crippen LogP contribution in [-0.2, 0) is 7.05 Å². The van der Waals surface area contributed by atoms with Gasteiger partial charge in [0.05, 0.1) is 5.56 Å². The first-order chi connectivity index (χ1) is 11.3. The number of carbonyl (C=O) groups is 1. The minimum atomic E-state index is 0.0365. The fourth-order valence-corrected chi connectivity index (χ4v) is 3.31. The topological polar surface area (TPSA) is 37.3 Å². The number of unbranched alkanes of at least 4 members (excludes halogenated alkanes) is 1. The summed E-state index contributed by atoms with van der Waals surface area (Å²) in [5.41, 5.74) is 1.87. The Morgan fingerprint density at radius 3 is 2.78 bits per heavy atom. The van der Waals surface area contributed by atoms with E-state index in [1.165, 1.54) is 25.9 Å². The molecule has 23 heavy (non-hydrogen) atoms. The molecule has 123 valence electrons. The molecule has 1 radical (unpaired) electrons. The Kier molecular flexibility index (Phi) is 5.34. The molecule has 0 bridgehead atoms. The number of amides is 1. The molecule has 1 aliphatic heterocycles. The summed E-state index contributed by atoms with van der Waals surface area (Å²) in [7, 11) is 1.98. The molecular weight excluding hydrogens is 286 g/mol. The van der Waals surface area contributed by atoms with Gasteiger partial charge in [-0.15, -0.1) is 0 Å². The largest absolute Gasteiger partial charge is 0.352 e. The minimum absolute atomic E-state index is 0.0365. The number of nitrogens with zero attached hydrogens (tertiary/aromatic N) is 2. The molecule has 1 aromatic carbocycles. The Hall–Kier alpha value is -1.81. The van der Waals surface area contributed by atoms with Crippen LogP contribution in [0.25, 0.3) is 10.9 Å². The fourth-order valence-electron chi connectivity index (χ4n) is 3.31. The zero-order valence-corrected chi connectivity index (χ0v) is 13.9. The number of nitrogens with one attached hydrogen (secondary N) is 1. The normalized spacial score (nSPS) is 15.9. The van der Waals surface area contributed by atoms with Gasteiger partial charge in [-0.05, 0) is 57.8 Å². The number of piperidine rings is 1. The van der Waals surface area contributed by atoms with Crippen LogP contribution >= 0.6 is 0 Å². The zero-order valence-electron chi connectivity index (χ0n) is 13.9. The maximum Gasteiger partial charge on any atom is 0.253 e. The molecule has 4 heteroatoms. The van der Waals surface area contributed by atoms with Gasteiger partial charge in [0.15, 0.2) is 0 Å². The summed E-state index contributed by atoms with van der Waals surface area (Å²) in [6.45, 7) is 4.30. The summed E-state index contributed by atoms with van der Waals surface area (Å²) >= 11 is 0. The Morgan fingerprint density at radius 2 is 1.96 bits per heavy atom. The molecule has 0 saturated carbocycles. The number of hydrogen-bond donors (Lipinski definition) is 1. The average Bonchev–Trinajstić information content (AvgIpc) is 2.93. The lowest BCUT2D eigenvalue weighted by atomic mass is 10.1. The highest BCUT2D eigenvalue weighted by molar-refractivity contribution is 6.06. The molecule has 0 aliphatic carbocycles. The average molecular weight is 312 g/mol. The second-order valence-corrected chi connectivity index (χ2v) is 6.34. The Bertz CT molecular complexity index is 656. The van der Waals surface area contributed by atoms with Gasteiger partial charge in [-0.3, -0.25) is 4.79 Å². The summed E-state index contributed by atoms with van der Waals surface area (Å²) in [5, 5.41) is 4.09. The molecular formula is C19H26N3O. The van der Waals surface area contributed by atoms with Gasteiger partial charge in [-0.2, -0.15) is 0 Å². The molecule has 2 aromatic rings. The first-order valence-corrected chi connectivity index (χ1v) is 8.62. The number of rotatable bonds is 6. The molecule has 1 amide bonds. The van der Waals surface area contributed by atoms with Crippen molar-refractivity contribution in [3.63, 3.8) is 0 Å². The van der Waals surface area contributed by atoms with Crippen molar-refractivity contribution in [1.29, 1.82) is 0 Å². The van der Waals surface area contributed by atoms with E-state index in [-0.39, 0.29) is 5.91 Å². The third-order valence-corrected chi connectivity index (χ3v) is 4.63. The molecule has 3 rings (SSSR count). The predicted octanol–water partition coefficient (Wildman–Crippen LogP) is 2.99. The summed E-state index contributed by atoms with van der Waals surface area (Å²) in [5.74, 6) is 0.0365. The van der Waals surface area contributed by atoms with Crippen LogP contribution in [0.4, 0.5) is 0 Å². The van der Waals surface area contributed by atoms with Crippen LogP contribution in [0.15, 0.2) is 30.5 Å². The number of likely N-dealkylation sites (tertiary alicyclic amines) is 1. The summed E-state index contributed by atoms with van der Waals surface area (Å²) < 4.78 is 2.01. The molecule has 0 unspecified atom stereocenters. The number of aromatic nitrogens is 1. The third kappa shape index (κ3) is 3.94. The minimum Gasteiger partial charge on any atom is -0.352 e. The van der Waals surface area contributed by atoms with E-state index in [4.69, 9.17) is 0 Å². The monoisotopic (exact) mass is 312 g/mol. The smallest absolute Gasteiger partial charge is 0.253 e. The van der Waals surface area contributed by atoms with Crippen molar-refractivity contribution < 1.29 is 4.79 Å². The van der Waals surface area contributed by atoms with Gasteiger partial charge in [0.1, 0.15) is 0 Å². The molecule has 1 saturated heterocycles. The van der Waals surface area contributed by atoms with Gasteiger partial charge >= 0.3 is 0 Å². The molecule has 0 spiro atoms. The van der Waals surface area contributed by atoms with E-state index in [9.17, 15) is 4.79 Å². The van der Waals surface area contributed by atoms with Crippen molar-refractivity contribution in [1.82, 2.24) is 14.8 Å². The highest BCUT2D eigenvalue weighted by Gasteiger charge is 2.13. The lowest BCUT2D eigenvalue weighted by Crippen LogP contribution is -2.31. The van der Waals surface area contributed by atoms with Crippen molar-refractivity contribution in [2.75, 3.05) is 26.2 Å². The number of hydrogen-bond acceptors (Lipinski definition) is 2. The second kappa shape index (κ2) is 7.64. The highest BCUT2D eigenvalue weighted by Crippen LogP contribution is 2.20. The van der Waals surface area contributed by atoms with Gasteiger partial charge in [-0.25, -0.2) is 0 Å². The maximum absolute atomic E-state index is 12.4. The first kappa shape index (κ1) is 16.1. The molecule has 1 aromatic heterocycles. The van der Waals surface area contributed by atoms with E-state index in [0.29, 0.717) is 0 Å². The quantitative estimate of drug-likeness (QED) is 0.833. The van der Waals surface area contributed by atoms with E-state index in [1.54, 1.807) is 0 Å². The van der Waals surface area contributed by atoms with Crippen LogP contribution in [0, 0.1) is 6.42 Å². The van der Waals surface area contributed by atoms with E-state index in [0.717, 1.165) is 42.4 Å². The van der Waals surface area contributed by atoms with Crippen molar-refractivity contribution in [3.05, 3.63) is 42.4 Å². The predicted molar refractivity (Wildman–Crippen MR) is 94.5 cm³/mol. The van der Waals surface area contributed by atoms with Crippen molar-refractivity contribution in [3.8, 4) is 0 Å². The number of carbonyl (C=O) groups excluding carboxylic acids is 1. The van der Waals surface area contributed by atoms with Gasteiger partial charge < -0.3 is 14.8 Å². The molecule has 0 atom stereocenters. The number of aryl methyl sites for hydroxylation is 1. The molecule has 4 nitrogen and oxygen atoms in total. The standard InChI is InChI=1S/C19H26N3O/c1-21-15-17(16-9-3-4-10-18(16)21)19(23)20-11-5-8-14-22-12-6-2-7-13-22/h2-4,9-10,15H,5-8,11-14H2,1H3,(H,20,23). The van der Waals surface area contributed by atoms with Gasteiger partial charge in [0, 0.05) is 30.7 Å². The maximum atomic E-state index is 12.4. The van der Waals surface area contributed by atoms with Crippen molar-refractivity contribution >= 4 is 16.8 Å². The Balaban J connectivity index is 1.45. The third-order valence-electron chi connectivity index (χ3n) is 4.63. The van der Waals surface area contributed by atoms with Crippen LogP contribution in [0.5, 0.6) is 0 Å². The SMILES string of the molecule is Cn1cc(C(=O)NCCCCN2CC[CH]CC2)c2ccccc21. The van der Waals surface area contributed by atoms with E-state index in [2.05, 4.69) is 16.6 Å². The van der Waals surface area contributed by atoms with Crippen LogP contribution in [0.2, 0.25) is 0 Å². The first-order valence-electron chi connectivity index (χ1n) is 8.62. The van der Waals surface area contributed by atoms with Crippen molar-refractivity contribution in [2.45, 2.75) is 25.7 Å². The van der Waals surface area contributed by atoms with Crippen LogP contribution in [0.1, 0.15) is 36.0 Å². The fraction of sp³-hybridized carbons (Fsp3) is 0.474. The molecule has 2 heterocycles. The second-order valence-electron chi connectivity index (χ2n) is 6.34. The summed E-state index contributed by atoms with van der Waals surface area (Å²) in [4.78, 5) is 14.9. The summed E-state index contributed by atoms with van der Waals surface area (Å²) in [6, 6.07) is 8.04. The Morgan fingerprint density at radius 1 is 1.17 bits per heavy atom. The van der Waals surface area contributed by atoms with Crippen LogP contribution in [-0.4, -0.2) is 41.6 Å². The number of para-hydroxylation sites is 1. The van der Waals surface area contributed by atoms with Gasteiger partial charge in [-0.1, -0.05) is 18.2 Å². The van der Waals surface area contributed by atoms with Crippen molar-refractivity contribution in [2.24, 2.45) is 7.05 Å². The van der Waals surface area contributed by atoms with E-state index in [1.807, 2.05) is 42.1 Å². The molecule has 1 fully saturated rings. The lowest BCUT2D eigenvalue weighted by Gasteiger charge is -2.26. The number of fused-ring (bicyclic) bond motifs is 1. The lowest BCUT2D eigenvalue weighted by molar-refractivity contribution is 0.0954. The van der Waals surface area contributed by atoms with Gasteiger partial charge in [0.2, 0.25) is 0 Å². The van der Waals surface area contributed by atoms with Crippen LogP contribution in [0.3, 0.4) is 0 Å². The number of benzene rings is 1. The van der Waals surface area contributed by atoms with Gasteiger partial charge in [0.25, 0.3) is 5.91 Å². The molecule has 1 aliphatic rings. The van der Waals surface area contributed by atoms with E-state index >= 15 is 0 Å².